The van der Waals surface area contributed by atoms with Gasteiger partial charge in [-0.3, -0.25) is 0 Å². The lowest BCUT2D eigenvalue weighted by Crippen LogP contribution is -2.31. The van der Waals surface area contributed by atoms with E-state index in [1.54, 1.807) is 12.1 Å². The molecular weight excluding hydrogens is 338 g/mol. The molecule has 0 radical (unpaired) electrons. The van der Waals surface area contributed by atoms with Gasteiger partial charge in [-0.05, 0) is 43.3 Å². The molecule has 0 aromatic heterocycles. The van der Waals surface area contributed by atoms with Gasteiger partial charge in [0.2, 0.25) is 0 Å². The Kier molecular flexibility index (Phi) is 7.35. The molecule has 0 saturated carbocycles. The molecular formula is C19H23NO4S. The smallest absolute Gasteiger partial charge is 0.257 e. The Bertz CT molecular complexity index is 678. The summed E-state index contributed by atoms with van der Waals surface area (Å²) in [5.74, 6) is 1.13. The van der Waals surface area contributed by atoms with Crippen molar-refractivity contribution in [3.8, 4) is 17.2 Å². The van der Waals surface area contributed by atoms with Crippen molar-refractivity contribution in [3.05, 3.63) is 54.1 Å². The molecule has 25 heavy (non-hydrogen) atoms. The maximum Gasteiger partial charge on any atom is 0.257 e. The largest absolute Gasteiger partial charge is 0.508 e. The molecule has 0 bridgehead atoms. The number of nitrogens with one attached hydrogen (secondary N) is 1. The van der Waals surface area contributed by atoms with Gasteiger partial charge in [-0.25, -0.2) is 0 Å². The van der Waals surface area contributed by atoms with Crippen molar-refractivity contribution in [3.63, 3.8) is 0 Å². The predicted octanol–water partition coefficient (Wildman–Crippen LogP) is 3.30. The van der Waals surface area contributed by atoms with E-state index in [0.717, 1.165) is 6.42 Å². The summed E-state index contributed by atoms with van der Waals surface area (Å²) in [4.78, 5) is 0. The summed E-state index contributed by atoms with van der Waals surface area (Å²) in [6.45, 7) is 2.89. The van der Waals surface area contributed by atoms with Gasteiger partial charge in [0, 0.05) is 12.6 Å². The fourth-order valence-electron chi connectivity index (χ4n) is 2.19. The number of benzene rings is 2. The number of rotatable bonds is 8. The third-order valence-corrected chi connectivity index (χ3v) is 3.70. The molecule has 0 spiro atoms. The summed E-state index contributed by atoms with van der Waals surface area (Å²) in [5.41, 5.74) is 1.24. The Labute approximate surface area is 153 Å². The average Bonchev–Trinajstić information content (AvgIpc) is 2.61. The first-order valence-electron chi connectivity index (χ1n) is 8.06. The molecule has 0 amide bonds. The van der Waals surface area contributed by atoms with E-state index in [2.05, 4.69) is 17.4 Å². The fraction of sp³-hybridized carbons (Fsp3) is 0.316. The first kappa shape index (κ1) is 18.9. The highest BCUT2D eigenvalue weighted by Crippen LogP contribution is 2.30. The molecule has 2 aromatic carbocycles. The Balaban J connectivity index is 1.71. The monoisotopic (exact) mass is 361 g/mol. The van der Waals surface area contributed by atoms with Crippen LogP contribution in [0.25, 0.3) is 0 Å². The third-order valence-electron chi connectivity index (χ3n) is 3.45. The van der Waals surface area contributed by atoms with E-state index in [1.807, 2.05) is 25.1 Å². The second kappa shape index (κ2) is 9.74. The Hall–Kier alpha value is -2.47. The van der Waals surface area contributed by atoms with Crippen LogP contribution < -0.4 is 14.8 Å². The summed E-state index contributed by atoms with van der Waals surface area (Å²) in [6.07, 6.45) is 0.648. The van der Waals surface area contributed by atoms with Gasteiger partial charge in [0.15, 0.2) is 11.5 Å². The minimum Gasteiger partial charge on any atom is -0.508 e. The molecule has 134 valence electrons. The van der Waals surface area contributed by atoms with Gasteiger partial charge in [0.25, 0.3) is 5.17 Å². The SMILES string of the molecule is COc1cc(O)ccc1OCC(C)OC(=S)NCCc1ccccc1. The van der Waals surface area contributed by atoms with Crippen molar-refractivity contribution in [1.29, 1.82) is 0 Å². The summed E-state index contributed by atoms with van der Waals surface area (Å²) >= 11 is 5.20. The molecule has 0 fully saturated rings. The highest BCUT2D eigenvalue weighted by molar-refractivity contribution is 7.80. The van der Waals surface area contributed by atoms with Crippen LogP contribution in [0, 0.1) is 0 Å². The fourth-order valence-corrected chi connectivity index (χ4v) is 2.46. The van der Waals surface area contributed by atoms with E-state index in [9.17, 15) is 5.11 Å². The number of methoxy groups -OCH3 is 1. The third kappa shape index (κ3) is 6.51. The van der Waals surface area contributed by atoms with Crippen LogP contribution in [-0.2, 0) is 11.2 Å². The summed E-state index contributed by atoms with van der Waals surface area (Å²) in [7, 11) is 1.52. The average molecular weight is 361 g/mol. The van der Waals surface area contributed by atoms with Gasteiger partial charge in [0.1, 0.15) is 18.5 Å². The molecule has 1 atom stereocenters. The van der Waals surface area contributed by atoms with Gasteiger partial charge < -0.3 is 24.6 Å². The Morgan fingerprint density at radius 2 is 1.92 bits per heavy atom. The maximum atomic E-state index is 9.44. The first-order valence-corrected chi connectivity index (χ1v) is 8.47. The number of ether oxygens (including phenoxy) is 3. The molecule has 2 rings (SSSR count). The molecule has 1 unspecified atom stereocenters. The molecule has 0 saturated heterocycles. The molecule has 2 N–H and O–H groups in total. The maximum absolute atomic E-state index is 9.44. The standard InChI is InChI=1S/C19H23NO4S/c1-14(13-23-17-9-8-16(21)12-18(17)22-2)24-19(25)20-11-10-15-6-4-3-5-7-15/h3-9,12,14,21H,10-11,13H2,1-2H3,(H,20,25). The van der Waals surface area contributed by atoms with Crippen molar-refractivity contribution in [2.45, 2.75) is 19.4 Å². The highest BCUT2D eigenvalue weighted by atomic mass is 32.1. The molecule has 5 nitrogen and oxygen atoms in total. The molecule has 0 aliphatic rings. The zero-order valence-electron chi connectivity index (χ0n) is 14.4. The zero-order chi connectivity index (χ0) is 18.1. The van der Waals surface area contributed by atoms with Crippen LogP contribution in [0.4, 0.5) is 0 Å². The topological polar surface area (TPSA) is 60.0 Å². The van der Waals surface area contributed by atoms with Gasteiger partial charge in [0.05, 0.1) is 7.11 Å². The van der Waals surface area contributed by atoms with Crippen LogP contribution >= 0.6 is 12.2 Å². The van der Waals surface area contributed by atoms with E-state index in [0.29, 0.717) is 29.8 Å². The van der Waals surface area contributed by atoms with Crippen LogP contribution in [-0.4, -0.2) is 36.6 Å². The van der Waals surface area contributed by atoms with Gasteiger partial charge >= 0.3 is 0 Å². The molecule has 0 aliphatic carbocycles. The van der Waals surface area contributed by atoms with Crippen molar-refractivity contribution in [2.75, 3.05) is 20.3 Å². The molecule has 2 aromatic rings. The first-order chi connectivity index (χ1) is 12.1. The predicted molar refractivity (Wildman–Crippen MR) is 101 cm³/mol. The Morgan fingerprint density at radius 3 is 2.64 bits per heavy atom. The van der Waals surface area contributed by atoms with Crippen molar-refractivity contribution < 1.29 is 19.3 Å². The van der Waals surface area contributed by atoms with E-state index < -0.39 is 0 Å². The van der Waals surface area contributed by atoms with Crippen LogP contribution in [0.1, 0.15) is 12.5 Å². The van der Waals surface area contributed by atoms with E-state index in [1.165, 1.54) is 18.7 Å². The van der Waals surface area contributed by atoms with Gasteiger partial charge in [-0.15, -0.1) is 0 Å². The highest BCUT2D eigenvalue weighted by Gasteiger charge is 2.10. The van der Waals surface area contributed by atoms with Crippen molar-refractivity contribution >= 4 is 17.4 Å². The Morgan fingerprint density at radius 1 is 1.16 bits per heavy atom. The lowest BCUT2D eigenvalue weighted by molar-refractivity contribution is 0.129. The number of phenols is 1. The second-order valence-electron chi connectivity index (χ2n) is 5.52. The normalized spacial score (nSPS) is 11.4. The minimum absolute atomic E-state index is 0.122. The zero-order valence-corrected chi connectivity index (χ0v) is 15.2. The van der Waals surface area contributed by atoms with Crippen molar-refractivity contribution in [2.24, 2.45) is 0 Å². The quantitative estimate of drug-likeness (QED) is 0.704. The summed E-state index contributed by atoms with van der Waals surface area (Å²) < 4.78 is 16.5. The lowest BCUT2D eigenvalue weighted by atomic mass is 10.2. The minimum atomic E-state index is -0.227. The number of hydrogen-bond acceptors (Lipinski definition) is 5. The van der Waals surface area contributed by atoms with Crippen LogP contribution in [0.15, 0.2) is 48.5 Å². The lowest BCUT2D eigenvalue weighted by Gasteiger charge is -2.18. The number of phenolic OH excluding ortho intramolecular Hbond substituents is 1. The van der Waals surface area contributed by atoms with Gasteiger partial charge in [-0.2, -0.15) is 0 Å². The van der Waals surface area contributed by atoms with E-state index >= 15 is 0 Å². The van der Waals surface area contributed by atoms with Crippen LogP contribution in [0.3, 0.4) is 0 Å². The number of thiocarbonyl (C=S) groups is 1. The molecule has 0 aliphatic heterocycles. The van der Waals surface area contributed by atoms with Crippen LogP contribution in [0.2, 0.25) is 0 Å². The van der Waals surface area contributed by atoms with E-state index in [-0.39, 0.29) is 11.9 Å². The van der Waals surface area contributed by atoms with Crippen LogP contribution in [0.5, 0.6) is 17.2 Å². The second-order valence-corrected chi connectivity index (χ2v) is 5.90. The number of hydrogen-bond donors (Lipinski definition) is 2. The molecule has 0 heterocycles. The summed E-state index contributed by atoms with van der Waals surface area (Å²) in [5, 5.41) is 12.9. The summed E-state index contributed by atoms with van der Waals surface area (Å²) in [6, 6.07) is 14.9. The number of aromatic hydroxyl groups is 1. The van der Waals surface area contributed by atoms with Gasteiger partial charge in [-0.1, -0.05) is 30.3 Å². The molecule has 6 heteroatoms. The van der Waals surface area contributed by atoms with E-state index in [4.69, 9.17) is 26.4 Å². The van der Waals surface area contributed by atoms with Crippen molar-refractivity contribution in [1.82, 2.24) is 5.32 Å².